The molecule has 19 heavy (non-hydrogen) atoms. The van der Waals surface area contributed by atoms with Gasteiger partial charge in [-0.25, -0.2) is 0 Å². The first-order chi connectivity index (χ1) is 8.88. The summed E-state index contributed by atoms with van der Waals surface area (Å²) in [6.07, 6.45) is -4.29. The van der Waals surface area contributed by atoms with Gasteiger partial charge < -0.3 is 4.90 Å². The maximum Gasteiger partial charge on any atom is 0.416 e. The second-order valence-electron chi connectivity index (χ2n) is 4.44. The molecule has 100 valence electrons. The predicted octanol–water partition coefficient (Wildman–Crippen LogP) is 4.78. The van der Waals surface area contributed by atoms with Crippen LogP contribution in [0.15, 0.2) is 48.5 Å². The number of benzene rings is 2. The summed E-state index contributed by atoms with van der Waals surface area (Å²) in [7, 11) is 1.83. The molecule has 0 radical (unpaired) electrons. The minimum atomic E-state index is -4.29. The predicted molar refractivity (Wildman–Crippen MR) is 70.7 cm³/mol. The number of nitrogens with zero attached hydrogens (tertiary/aromatic N) is 1. The molecule has 0 saturated carbocycles. The molecule has 0 heterocycles. The first-order valence-corrected chi connectivity index (χ1v) is 5.85. The Balaban J connectivity index is 2.25. The van der Waals surface area contributed by atoms with Crippen LogP contribution in [0.4, 0.5) is 24.5 Å². The van der Waals surface area contributed by atoms with Gasteiger partial charge in [-0.2, -0.15) is 13.2 Å². The number of hydrogen-bond donors (Lipinski definition) is 0. The fraction of sp³-hybridized carbons (Fsp3) is 0.200. The van der Waals surface area contributed by atoms with Gasteiger partial charge >= 0.3 is 6.18 Å². The molecule has 0 amide bonds. The normalized spacial score (nSPS) is 11.4. The van der Waals surface area contributed by atoms with Crippen molar-refractivity contribution in [1.82, 2.24) is 0 Å². The Morgan fingerprint density at radius 1 is 0.789 bits per heavy atom. The van der Waals surface area contributed by atoms with Crippen molar-refractivity contribution in [2.75, 3.05) is 11.9 Å². The van der Waals surface area contributed by atoms with Crippen LogP contribution < -0.4 is 4.90 Å². The van der Waals surface area contributed by atoms with Gasteiger partial charge in [-0.1, -0.05) is 17.7 Å². The molecule has 0 aliphatic carbocycles. The van der Waals surface area contributed by atoms with E-state index in [0.29, 0.717) is 0 Å². The standard InChI is InChI=1S/C15H14F3N/c1-11-3-7-13(8-4-11)19(2)14-9-5-12(6-10-14)15(16,17)18/h3-10H,1-2H3. The molecule has 0 aliphatic heterocycles. The zero-order chi connectivity index (χ0) is 14.0. The molecule has 4 heteroatoms. The molecule has 2 aromatic rings. The van der Waals surface area contributed by atoms with Crippen LogP contribution >= 0.6 is 0 Å². The summed E-state index contributed by atoms with van der Waals surface area (Å²) in [5.41, 5.74) is 2.17. The van der Waals surface area contributed by atoms with Crippen molar-refractivity contribution in [3.63, 3.8) is 0 Å². The van der Waals surface area contributed by atoms with E-state index in [0.717, 1.165) is 29.1 Å². The number of rotatable bonds is 2. The second-order valence-corrected chi connectivity index (χ2v) is 4.44. The lowest BCUT2D eigenvalue weighted by Crippen LogP contribution is -2.10. The van der Waals surface area contributed by atoms with Gasteiger partial charge in [0.05, 0.1) is 5.56 Å². The third-order valence-electron chi connectivity index (χ3n) is 3.00. The Kier molecular flexibility index (Phi) is 3.51. The summed E-state index contributed by atoms with van der Waals surface area (Å²) in [5.74, 6) is 0. The molecular formula is C15H14F3N. The summed E-state index contributed by atoms with van der Waals surface area (Å²) < 4.78 is 37.4. The number of alkyl halides is 3. The van der Waals surface area contributed by atoms with Crippen molar-refractivity contribution < 1.29 is 13.2 Å². The SMILES string of the molecule is Cc1ccc(N(C)c2ccc(C(F)(F)F)cc2)cc1. The average molecular weight is 265 g/mol. The largest absolute Gasteiger partial charge is 0.416 e. The number of aryl methyl sites for hydroxylation is 1. The third kappa shape index (κ3) is 3.08. The number of anilines is 2. The van der Waals surface area contributed by atoms with Crippen LogP contribution in [-0.2, 0) is 6.18 Å². The van der Waals surface area contributed by atoms with Crippen molar-refractivity contribution >= 4 is 11.4 Å². The Bertz CT molecular complexity index is 541. The molecule has 0 aliphatic rings. The van der Waals surface area contributed by atoms with Crippen molar-refractivity contribution in [3.8, 4) is 0 Å². The van der Waals surface area contributed by atoms with Gasteiger partial charge in [-0.15, -0.1) is 0 Å². The van der Waals surface area contributed by atoms with Crippen molar-refractivity contribution in [2.24, 2.45) is 0 Å². The van der Waals surface area contributed by atoms with E-state index in [2.05, 4.69) is 0 Å². The Morgan fingerprint density at radius 2 is 1.21 bits per heavy atom. The lowest BCUT2D eigenvalue weighted by Gasteiger charge is -2.20. The van der Waals surface area contributed by atoms with E-state index < -0.39 is 11.7 Å². The lowest BCUT2D eigenvalue weighted by atomic mass is 10.1. The molecule has 2 rings (SSSR count). The van der Waals surface area contributed by atoms with E-state index >= 15 is 0 Å². The van der Waals surface area contributed by atoms with E-state index in [1.54, 1.807) is 0 Å². The zero-order valence-corrected chi connectivity index (χ0v) is 10.7. The molecule has 2 aromatic carbocycles. The van der Waals surface area contributed by atoms with Crippen LogP contribution in [0.2, 0.25) is 0 Å². The topological polar surface area (TPSA) is 3.24 Å². The minimum absolute atomic E-state index is 0.631. The molecule has 0 spiro atoms. The van der Waals surface area contributed by atoms with Gasteiger partial charge in [0.2, 0.25) is 0 Å². The molecular weight excluding hydrogens is 251 g/mol. The van der Waals surface area contributed by atoms with Gasteiger partial charge in [-0.05, 0) is 43.3 Å². The van der Waals surface area contributed by atoms with Crippen LogP contribution in [0.3, 0.4) is 0 Å². The van der Waals surface area contributed by atoms with Crippen LogP contribution in [-0.4, -0.2) is 7.05 Å². The van der Waals surface area contributed by atoms with Gasteiger partial charge in [0.15, 0.2) is 0 Å². The molecule has 1 nitrogen and oxygen atoms in total. The summed E-state index contributed by atoms with van der Waals surface area (Å²) in [4.78, 5) is 1.85. The van der Waals surface area contributed by atoms with E-state index in [-0.39, 0.29) is 0 Å². The summed E-state index contributed by atoms with van der Waals surface area (Å²) in [5, 5.41) is 0. The Hall–Kier alpha value is -1.97. The van der Waals surface area contributed by atoms with Crippen LogP contribution in [0.1, 0.15) is 11.1 Å². The minimum Gasteiger partial charge on any atom is -0.345 e. The van der Waals surface area contributed by atoms with E-state index in [1.807, 2.05) is 43.1 Å². The number of hydrogen-bond acceptors (Lipinski definition) is 1. The molecule has 0 fully saturated rings. The quantitative estimate of drug-likeness (QED) is 0.755. The third-order valence-corrected chi connectivity index (χ3v) is 3.00. The lowest BCUT2D eigenvalue weighted by molar-refractivity contribution is -0.137. The zero-order valence-electron chi connectivity index (χ0n) is 10.7. The van der Waals surface area contributed by atoms with Gasteiger partial charge in [0, 0.05) is 18.4 Å². The fourth-order valence-electron chi connectivity index (χ4n) is 1.79. The maximum atomic E-state index is 12.5. The molecule has 0 unspecified atom stereocenters. The van der Waals surface area contributed by atoms with E-state index in [9.17, 15) is 13.2 Å². The van der Waals surface area contributed by atoms with Crippen molar-refractivity contribution in [2.45, 2.75) is 13.1 Å². The van der Waals surface area contributed by atoms with Gasteiger partial charge in [0.1, 0.15) is 0 Å². The maximum absolute atomic E-state index is 12.5. The molecule has 0 atom stereocenters. The second kappa shape index (κ2) is 4.96. The monoisotopic (exact) mass is 265 g/mol. The van der Waals surface area contributed by atoms with Gasteiger partial charge in [0.25, 0.3) is 0 Å². The van der Waals surface area contributed by atoms with Crippen molar-refractivity contribution in [1.29, 1.82) is 0 Å². The Labute approximate surface area is 110 Å². The fourth-order valence-corrected chi connectivity index (χ4v) is 1.79. The summed E-state index contributed by atoms with van der Waals surface area (Å²) in [6, 6.07) is 13.0. The highest BCUT2D eigenvalue weighted by molar-refractivity contribution is 5.62. The van der Waals surface area contributed by atoms with Crippen LogP contribution in [0.5, 0.6) is 0 Å². The highest BCUT2D eigenvalue weighted by Crippen LogP contribution is 2.31. The van der Waals surface area contributed by atoms with Crippen LogP contribution in [0.25, 0.3) is 0 Å². The average Bonchev–Trinajstić information content (AvgIpc) is 2.38. The first-order valence-electron chi connectivity index (χ1n) is 5.85. The van der Waals surface area contributed by atoms with Crippen molar-refractivity contribution in [3.05, 3.63) is 59.7 Å². The molecule has 0 aromatic heterocycles. The van der Waals surface area contributed by atoms with E-state index in [4.69, 9.17) is 0 Å². The summed E-state index contributed by atoms with van der Waals surface area (Å²) in [6.45, 7) is 1.99. The molecule has 0 saturated heterocycles. The van der Waals surface area contributed by atoms with Crippen LogP contribution in [0, 0.1) is 6.92 Å². The first kappa shape index (κ1) is 13.5. The molecule has 0 N–H and O–H groups in total. The molecule has 0 bridgehead atoms. The Morgan fingerprint density at radius 3 is 1.63 bits per heavy atom. The highest BCUT2D eigenvalue weighted by Gasteiger charge is 2.30. The van der Waals surface area contributed by atoms with Gasteiger partial charge in [-0.3, -0.25) is 0 Å². The summed E-state index contributed by atoms with van der Waals surface area (Å²) >= 11 is 0. The highest BCUT2D eigenvalue weighted by atomic mass is 19.4. The van der Waals surface area contributed by atoms with E-state index in [1.165, 1.54) is 12.1 Å². The smallest absolute Gasteiger partial charge is 0.345 e. The number of halogens is 3.